The number of morpholine rings is 1. The summed E-state index contributed by atoms with van der Waals surface area (Å²) in [4.78, 5) is 14.1. The zero-order valence-corrected chi connectivity index (χ0v) is 11.6. The molecule has 1 aliphatic rings. The molecule has 1 fully saturated rings. The lowest BCUT2D eigenvalue weighted by Gasteiger charge is -2.35. The van der Waals surface area contributed by atoms with Crippen LogP contribution in [0.4, 0.5) is 5.69 Å². The highest BCUT2D eigenvalue weighted by Gasteiger charge is 2.25. The van der Waals surface area contributed by atoms with Gasteiger partial charge in [-0.2, -0.15) is 0 Å². The maximum absolute atomic E-state index is 12.2. The number of carbonyl (C=O) groups is 1. The van der Waals surface area contributed by atoms with Gasteiger partial charge in [0.25, 0.3) is 0 Å². The zero-order valence-electron chi connectivity index (χ0n) is 11.6. The fourth-order valence-corrected chi connectivity index (χ4v) is 2.48. The van der Waals surface area contributed by atoms with Gasteiger partial charge in [-0.05, 0) is 38.0 Å². The molecular formula is C15H22N2O2. The molecule has 4 heteroatoms. The van der Waals surface area contributed by atoms with E-state index in [9.17, 15) is 4.79 Å². The van der Waals surface area contributed by atoms with E-state index in [1.807, 2.05) is 43.0 Å². The monoisotopic (exact) mass is 262 g/mol. The highest BCUT2D eigenvalue weighted by molar-refractivity contribution is 5.76. The van der Waals surface area contributed by atoms with Crippen molar-refractivity contribution in [2.75, 3.05) is 18.8 Å². The van der Waals surface area contributed by atoms with Gasteiger partial charge < -0.3 is 15.4 Å². The first-order valence-corrected chi connectivity index (χ1v) is 6.82. The van der Waals surface area contributed by atoms with Crippen molar-refractivity contribution < 1.29 is 9.53 Å². The second-order valence-electron chi connectivity index (χ2n) is 5.30. The number of ether oxygens (including phenoxy) is 1. The van der Waals surface area contributed by atoms with Gasteiger partial charge in [-0.3, -0.25) is 4.79 Å². The van der Waals surface area contributed by atoms with Crippen LogP contribution in [0.15, 0.2) is 24.3 Å². The van der Waals surface area contributed by atoms with Crippen molar-refractivity contribution in [2.45, 2.75) is 38.9 Å². The van der Waals surface area contributed by atoms with Crippen molar-refractivity contribution in [1.82, 2.24) is 4.90 Å². The molecule has 4 nitrogen and oxygen atoms in total. The summed E-state index contributed by atoms with van der Waals surface area (Å²) in [6.07, 6.45) is 1.57. The Morgan fingerprint density at radius 3 is 2.42 bits per heavy atom. The lowest BCUT2D eigenvalue weighted by atomic mass is 10.1. The predicted molar refractivity (Wildman–Crippen MR) is 75.8 cm³/mol. The summed E-state index contributed by atoms with van der Waals surface area (Å²) in [5.41, 5.74) is 7.55. The number of carbonyl (C=O) groups excluding carboxylic acids is 1. The molecule has 1 aromatic rings. The number of rotatable bonds is 3. The Hall–Kier alpha value is -1.55. The number of hydrogen-bond acceptors (Lipinski definition) is 3. The number of nitrogen functional groups attached to an aromatic ring is 1. The summed E-state index contributed by atoms with van der Waals surface area (Å²) < 4.78 is 5.63. The lowest BCUT2D eigenvalue weighted by Crippen LogP contribution is -2.48. The van der Waals surface area contributed by atoms with Crippen molar-refractivity contribution in [1.29, 1.82) is 0 Å². The highest BCUT2D eigenvalue weighted by atomic mass is 16.5. The Morgan fingerprint density at radius 1 is 1.26 bits per heavy atom. The third kappa shape index (κ3) is 3.96. The average molecular weight is 262 g/mol. The van der Waals surface area contributed by atoms with Crippen molar-refractivity contribution >= 4 is 11.6 Å². The first-order chi connectivity index (χ1) is 9.04. The number of nitrogens with zero attached hydrogens (tertiary/aromatic N) is 1. The van der Waals surface area contributed by atoms with Crippen LogP contribution in [0.1, 0.15) is 25.8 Å². The predicted octanol–water partition coefficient (Wildman–Crippen LogP) is 1.84. The van der Waals surface area contributed by atoms with E-state index in [2.05, 4.69) is 0 Å². The van der Waals surface area contributed by atoms with Crippen LogP contribution in [0.3, 0.4) is 0 Å². The molecule has 19 heavy (non-hydrogen) atoms. The minimum absolute atomic E-state index is 0.129. The standard InChI is InChI=1S/C15H22N2O2/c1-11-9-17(10-12(2)19-11)15(18)8-5-13-3-6-14(16)7-4-13/h3-4,6-7,11-12H,5,8-10,16H2,1-2H3/t11-,12+. The van der Waals surface area contributed by atoms with Gasteiger partial charge in [0, 0.05) is 25.2 Å². The Kier molecular flexibility index (Phi) is 4.43. The largest absolute Gasteiger partial charge is 0.399 e. The van der Waals surface area contributed by atoms with Crippen molar-refractivity contribution in [2.24, 2.45) is 0 Å². The van der Waals surface area contributed by atoms with Gasteiger partial charge in [0.05, 0.1) is 12.2 Å². The van der Waals surface area contributed by atoms with Gasteiger partial charge in [-0.25, -0.2) is 0 Å². The maximum Gasteiger partial charge on any atom is 0.223 e. The van der Waals surface area contributed by atoms with Crippen LogP contribution in [0.2, 0.25) is 0 Å². The number of amides is 1. The molecule has 2 N–H and O–H groups in total. The molecular weight excluding hydrogens is 240 g/mol. The molecule has 2 rings (SSSR count). The first kappa shape index (κ1) is 13.9. The van der Waals surface area contributed by atoms with Crippen LogP contribution in [0.25, 0.3) is 0 Å². The number of nitrogens with two attached hydrogens (primary N) is 1. The molecule has 0 aromatic heterocycles. The molecule has 1 amide bonds. The van der Waals surface area contributed by atoms with Crippen molar-refractivity contribution in [3.05, 3.63) is 29.8 Å². The summed E-state index contributed by atoms with van der Waals surface area (Å²) in [5.74, 6) is 0.207. The van der Waals surface area contributed by atoms with Gasteiger partial charge in [0.1, 0.15) is 0 Å². The normalized spacial score (nSPS) is 23.4. The van der Waals surface area contributed by atoms with Gasteiger partial charge in [0.15, 0.2) is 0 Å². The Balaban J connectivity index is 1.85. The summed E-state index contributed by atoms with van der Waals surface area (Å²) in [6, 6.07) is 7.71. The lowest BCUT2D eigenvalue weighted by molar-refractivity contribution is -0.143. The van der Waals surface area contributed by atoms with Gasteiger partial charge in [-0.1, -0.05) is 12.1 Å². The molecule has 0 bridgehead atoms. The molecule has 2 atom stereocenters. The average Bonchev–Trinajstić information content (AvgIpc) is 2.36. The van der Waals surface area contributed by atoms with E-state index >= 15 is 0 Å². The smallest absolute Gasteiger partial charge is 0.223 e. The molecule has 0 unspecified atom stereocenters. The van der Waals surface area contributed by atoms with E-state index in [1.165, 1.54) is 0 Å². The van der Waals surface area contributed by atoms with Crippen LogP contribution in [0.5, 0.6) is 0 Å². The Morgan fingerprint density at radius 2 is 1.84 bits per heavy atom. The number of hydrogen-bond donors (Lipinski definition) is 1. The van der Waals surface area contributed by atoms with E-state index < -0.39 is 0 Å². The zero-order chi connectivity index (χ0) is 13.8. The van der Waals surface area contributed by atoms with E-state index in [0.717, 1.165) is 17.7 Å². The van der Waals surface area contributed by atoms with E-state index in [1.54, 1.807) is 0 Å². The second-order valence-corrected chi connectivity index (χ2v) is 5.30. The molecule has 104 valence electrons. The van der Waals surface area contributed by atoms with E-state index in [0.29, 0.717) is 19.5 Å². The van der Waals surface area contributed by atoms with Gasteiger partial charge >= 0.3 is 0 Å². The van der Waals surface area contributed by atoms with Crippen molar-refractivity contribution in [3.8, 4) is 0 Å². The SMILES string of the molecule is C[C@@H]1CN(C(=O)CCc2ccc(N)cc2)C[C@H](C)O1. The molecule has 0 spiro atoms. The fraction of sp³-hybridized carbons (Fsp3) is 0.533. The molecule has 1 aromatic carbocycles. The van der Waals surface area contributed by atoms with Crippen LogP contribution in [0, 0.1) is 0 Å². The number of benzene rings is 1. The van der Waals surface area contributed by atoms with Crippen LogP contribution in [-0.4, -0.2) is 36.1 Å². The summed E-state index contributed by atoms with van der Waals surface area (Å²) >= 11 is 0. The summed E-state index contributed by atoms with van der Waals surface area (Å²) in [5, 5.41) is 0. The van der Waals surface area contributed by atoms with Gasteiger partial charge in [0.2, 0.25) is 5.91 Å². The topological polar surface area (TPSA) is 55.6 Å². The third-order valence-electron chi connectivity index (χ3n) is 3.38. The molecule has 0 saturated carbocycles. The van der Waals surface area contributed by atoms with Crippen LogP contribution >= 0.6 is 0 Å². The molecule has 1 saturated heterocycles. The van der Waals surface area contributed by atoms with E-state index in [4.69, 9.17) is 10.5 Å². The number of aryl methyl sites for hydroxylation is 1. The second kappa shape index (κ2) is 6.06. The van der Waals surface area contributed by atoms with Crippen LogP contribution < -0.4 is 5.73 Å². The van der Waals surface area contributed by atoms with Gasteiger partial charge in [-0.15, -0.1) is 0 Å². The maximum atomic E-state index is 12.2. The number of anilines is 1. The first-order valence-electron chi connectivity index (χ1n) is 6.82. The Bertz CT molecular complexity index is 420. The third-order valence-corrected chi connectivity index (χ3v) is 3.38. The minimum atomic E-state index is 0.129. The molecule has 0 radical (unpaired) electrons. The van der Waals surface area contributed by atoms with Crippen molar-refractivity contribution in [3.63, 3.8) is 0 Å². The summed E-state index contributed by atoms with van der Waals surface area (Å²) in [6.45, 7) is 5.42. The Labute approximate surface area is 114 Å². The molecule has 0 aliphatic carbocycles. The quantitative estimate of drug-likeness (QED) is 0.846. The highest BCUT2D eigenvalue weighted by Crippen LogP contribution is 2.13. The molecule has 1 aliphatic heterocycles. The van der Waals surface area contributed by atoms with Crippen LogP contribution in [-0.2, 0) is 16.0 Å². The summed E-state index contributed by atoms with van der Waals surface area (Å²) in [7, 11) is 0. The minimum Gasteiger partial charge on any atom is -0.399 e. The molecule has 1 heterocycles. The van der Waals surface area contributed by atoms with E-state index in [-0.39, 0.29) is 18.1 Å². The fourth-order valence-electron chi connectivity index (χ4n) is 2.48.